The highest BCUT2D eigenvalue weighted by atomic mass is 79.9. The van der Waals surface area contributed by atoms with Gasteiger partial charge in [-0.2, -0.15) is 0 Å². The lowest BCUT2D eigenvalue weighted by molar-refractivity contribution is -0.159. The van der Waals surface area contributed by atoms with Gasteiger partial charge in [-0.1, -0.05) is 58.3 Å². The minimum Gasteiger partial charge on any atom is -0.460 e. The van der Waals surface area contributed by atoms with E-state index in [1.54, 1.807) is 33.6 Å². The number of carbonyl (C=O) groups is 4. The maximum Gasteiger partial charge on any atom is 0.312 e. The van der Waals surface area contributed by atoms with Crippen molar-refractivity contribution in [1.82, 2.24) is 30.1 Å². The molecule has 4 heterocycles. The molecule has 2 bridgehead atoms. The van der Waals surface area contributed by atoms with Gasteiger partial charge in [0.2, 0.25) is 17.7 Å². The van der Waals surface area contributed by atoms with Gasteiger partial charge < -0.3 is 29.7 Å². The summed E-state index contributed by atoms with van der Waals surface area (Å²) in [6.07, 6.45) is 5.96. The molecule has 1 unspecified atom stereocenters. The maximum atomic E-state index is 14.7. The molecule has 3 amide bonds. The topological polar surface area (TPSA) is 156 Å². The van der Waals surface area contributed by atoms with Crippen molar-refractivity contribution in [1.29, 1.82) is 0 Å². The number of rotatable bonds is 18. The summed E-state index contributed by atoms with van der Waals surface area (Å²) >= 11 is 3.70. The third-order valence-electron chi connectivity index (χ3n) is 9.47. The second-order valence-electron chi connectivity index (χ2n) is 12.8. The standard InChI is InChI=1S/C34H45BrN6O7/c1-4-6-15-26(43)36-20-22(3)47-33(46)27-28-31(44)40(17-11-7-8-12-18-42)30(34(28)19-23(35)29(27)48-34)32(45)39(16-5-2)21-41-25-14-10-9-13-24(25)37-38-41/h4-5,9-10,13-14,22-23,27-30,42H,1-2,6-8,11-12,15-21H2,3H3,(H,36,43)/t22-,23?,27-,28+,29-,30-,34+/m0/s1. The number of aliphatic hydroxyl groups is 1. The number of halogens is 1. The summed E-state index contributed by atoms with van der Waals surface area (Å²) < 4.78 is 14.1. The molecule has 3 saturated heterocycles. The number of nitrogens with one attached hydrogen (secondary N) is 1. The fourth-order valence-corrected chi connectivity index (χ4v) is 8.24. The van der Waals surface area contributed by atoms with Gasteiger partial charge in [-0.3, -0.25) is 19.2 Å². The van der Waals surface area contributed by atoms with Crippen molar-refractivity contribution < 1.29 is 33.8 Å². The van der Waals surface area contributed by atoms with Gasteiger partial charge >= 0.3 is 5.97 Å². The fraction of sp³-hybridized carbons (Fsp3) is 0.588. The van der Waals surface area contributed by atoms with Crippen molar-refractivity contribution in [2.75, 3.05) is 26.2 Å². The van der Waals surface area contributed by atoms with Crippen LogP contribution in [0.25, 0.3) is 11.0 Å². The second kappa shape index (κ2) is 15.7. The molecule has 14 heteroatoms. The minimum atomic E-state index is -1.26. The van der Waals surface area contributed by atoms with Crippen LogP contribution in [0.5, 0.6) is 0 Å². The molecule has 2 N–H and O–H groups in total. The number of nitrogens with zero attached hydrogens (tertiary/aromatic N) is 5. The molecule has 0 radical (unpaired) electrons. The molecule has 3 aliphatic rings. The second-order valence-corrected chi connectivity index (χ2v) is 14.0. The quantitative estimate of drug-likeness (QED) is 0.102. The number of hydrogen-bond donors (Lipinski definition) is 2. The first-order valence-corrected chi connectivity index (χ1v) is 17.6. The van der Waals surface area contributed by atoms with Crippen LogP contribution < -0.4 is 5.32 Å². The first kappa shape index (κ1) is 35.7. The maximum absolute atomic E-state index is 14.7. The Morgan fingerprint density at radius 2 is 2.00 bits per heavy atom. The largest absolute Gasteiger partial charge is 0.460 e. The number of unbranched alkanes of at least 4 members (excludes halogenated alkanes) is 3. The first-order valence-electron chi connectivity index (χ1n) is 16.7. The summed E-state index contributed by atoms with van der Waals surface area (Å²) in [5, 5.41) is 20.5. The zero-order valence-electron chi connectivity index (χ0n) is 27.3. The normalized spacial score (nSPS) is 26.4. The van der Waals surface area contributed by atoms with Crippen molar-refractivity contribution in [3.8, 4) is 0 Å². The number of carbonyl (C=O) groups excluding carboxylic acids is 4. The Kier molecular flexibility index (Phi) is 11.7. The summed E-state index contributed by atoms with van der Waals surface area (Å²) in [6, 6.07) is 6.46. The third kappa shape index (κ3) is 7.06. The van der Waals surface area contributed by atoms with E-state index in [2.05, 4.69) is 44.7 Å². The molecule has 1 aromatic carbocycles. The zero-order chi connectivity index (χ0) is 34.4. The Labute approximate surface area is 288 Å². The van der Waals surface area contributed by atoms with Crippen molar-refractivity contribution in [3.63, 3.8) is 0 Å². The van der Waals surface area contributed by atoms with E-state index in [1.807, 2.05) is 24.3 Å². The van der Waals surface area contributed by atoms with Gasteiger partial charge in [0.15, 0.2) is 0 Å². The summed E-state index contributed by atoms with van der Waals surface area (Å²) in [4.78, 5) is 57.9. The van der Waals surface area contributed by atoms with Crippen LogP contribution >= 0.6 is 15.9 Å². The number of alkyl halides is 1. The van der Waals surface area contributed by atoms with Crippen LogP contribution in [-0.4, -0.2) is 109 Å². The Hall–Kier alpha value is -3.62. The van der Waals surface area contributed by atoms with E-state index in [1.165, 1.54) is 0 Å². The van der Waals surface area contributed by atoms with Gasteiger partial charge in [-0.05, 0) is 44.7 Å². The highest BCUT2D eigenvalue weighted by Crippen LogP contribution is 2.60. The fourth-order valence-electron chi connectivity index (χ4n) is 7.29. The number of aromatic nitrogens is 3. The molecule has 48 heavy (non-hydrogen) atoms. The van der Waals surface area contributed by atoms with Crippen LogP contribution in [0.15, 0.2) is 49.6 Å². The van der Waals surface area contributed by atoms with Gasteiger partial charge in [0.05, 0.1) is 30.0 Å². The van der Waals surface area contributed by atoms with Crippen molar-refractivity contribution in [2.45, 2.75) is 87.2 Å². The highest BCUT2D eigenvalue weighted by molar-refractivity contribution is 9.09. The van der Waals surface area contributed by atoms with Crippen LogP contribution in [0.4, 0.5) is 0 Å². The molecule has 260 valence electrons. The first-order chi connectivity index (χ1) is 23.2. The molecule has 3 fully saturated rings. The van der Waals surface area contributed by atoms with Crippen molar-refractivity contribution in [2.24, 2.45) is 11.8 Å². The van der Waals surface area contributed by atoms with E-state index < -0.39 is 41.7 Å². The van der Waals surface area contributed by atoms with Crippen LogP contribution in [0.1, 0.15) is 51.9 Å². The summed E-state index contributed by atoms with van der Waals surface area (Å²) in [5.41, 5.74) is 0.189. The summed E-state index contributed by atoms with van der Waals surface area (Å²) in [5.74, 6) is -3.26. The predicted molar refractivity (Wildman–Crippen MR) is 180 cm³/mol. The average Bonchev–Trinajstić information content (AvgIpc) is 3.79. The van der Waals surface area contributed by atoms with Crippen LogP contribution in [0.2, 0.25) is 0 Å². The number of benzene rings is 1. The molecular formula is C34H45BrN6O7. The number of amides is 3. The molecule has 1 spiro atoms. The molecular weight excluding hydrogens is 684 g/mol. The minimum absolute atomic E-state index is 0.0732. The molecule has 2 aromatic rings. The molecule has 13 nitrogen and oxygen atoms in total. The number of fused-ring (bicyclic) bond motifs is 2. The number of ether oxygens (including phenoxy) is 2. The van der Waals surface area contributed by atoms with Gasteiger partial charge in [-0.15, -0.1) is 18.3 Å². The van der Waals surface area contributed by atoms with E-state index >= 15 is 0 Å². The van der Waals surface area contributed by atoms with E-state index in [0.29, 0.717) is 37.7 Å². The molecule has 3 aliphatic heterocycles. The van der Waals surface area contributed by atoms with Crippen LogP contribution in [0, 0.1) is 11.8 Å². The molecule has 7 atom stereocenters. The van der Waals surface area contributed by atoms with E-state index in [-0.39, 0.29) is 55.3 Å². The van der Waals surface area contributed by atoms with E-state index in [9.17, 15) is 24.3 Å². The highest BCUT2D eigenvalue weighted by Gasteiger charge is 2.77. The Morgan fingerprint density at radius 1 is 1.23 bits per heavy atom. The van der Waals surface area contributed by atoms with Crippen LogP contribution in [-0.2, 0) is 35.3 Å². The summed E-state index contributed by atoms with van der Waals surface area (Å²) in [6.45, 7) is 9.94. The SMILES string of the molecule is C=CCCC(=O)NC[C@H](C)OC(=O)[C@@H]1[C@H]2O[C@@]3(CC2Br)[C@H](C(=O)N(CC=C)Cn2nnc4ccccc42)N(CCCCCCO)C(=O)[C@@H]13. The summed E-state index contributed by atoms with van der Waals surface area (Å²) in [7, 11) is 0. The van der Waals surface area contributed by atoms with Crippen LogP contribution in [0.3, 0.4) is 0 Å². The van der Waals surface area contributed by atoms with Gasteiger partial charge in [0.25, 0.3) is 0 Å². The monoisotopic (exact) mass is 728 g/mol. The van der Waals surface area contributed by atoms with E-state index in [4.69, 9.17) is 9.47 Å². The predicted octanol–water partition coefficient (Wildman–Crippen LogP) is 2.72. The lowest BCUT2D eigenvalue weighted by Crippen LogP contribution is -2.57. The number of aliphatic hydroxyl groups excluding tert-OH is 1. The smallest absolute Gasteiger partial charge is 0.312 e. The lowest BCUT2D eigenvalue weighted by Gasteiger charge is -2.37. The zero-order valence-corrected chi connectivity index (χ0v) is 28.9. The molecule has 0 aliphatic carbocycles. The number of esters is 1. The van der Waals surface area contributed by atoms with Crippen molar-refractivity contribution >= 4 is 50.7 Å². The van der Waals surface area contributed by atoms with Gasteiger partial charge in [0, 0.05) is 30.9 Å². The van der Waals surface area contributed by atoms with Crippen molar-refractivity contribution in [3.05, 3.63) is 49.6 Å². The number of hydrogen-bond acceptors (Lipinski definition) is 9. The Bertz CT molecular complexity index is 1520. The molecule has 0 saturated carbocycles. The number of allylic oxidation sites excluding steroid dienone is 1. The molecule has 5 rings (SSSR count). The third-order valence-corrected chi connectivity index (χ3v) is 10.3. The van der Waals surface area contributed by atoms with E-state index in [0.717, 1.165) is 18.4 Å². The lowest BCUT2D eigenvalue weighted by atomic mass is 9.70. The molecule has 1 aromatic heterocycles. The Morgan fingerprint density at radius 3 is 2.75 bits per heavy atom. The number of para-hydroxylation sites is 1. The Balaban J connectivity index is 1.41. The average molecular weight is 730 g/mol. The van der Waals surface area contributed by atoms with Gasteiger partial charge in [0.1, 0.15) is 29.9 Å². The number of likely N-dealkylation sites (tertiary alicyclic amines) is 1. The van der Waals surface area contributed by atoms with Gasteiger partial charge in [-0.25, -0.2) is 4.68 Å².